The lowest BCUT2D eigenvalue weighted by Crippen LogP contribution is -1.98. The Morgan fingerprint density at radius 1 is 1.75 bits per heavy atom. The second kappa shape index (κ2) is 4.10. The number of allylic oxidation sites excluding steroid dienone is 2. The van der Waals surface area contributed by atoms with E-state index in [1.807, 2.05) is 6.08 Å². The molecule has 1 N–H and O–H groups in total. The molecule has 12 heavy (non-hydrogen) atoms. The van der Waals surface area contributed by atoms with Crippen LogP contribution in [0.3, 0.4) is 0 Å². The van der Waals surface area contributed by atoms with Gasteiger partial charge in [-0.2, -0.15) is 0 Å². The maximum atomic E-state index is 10.4. The summed E-state index contributed by atoms with van der Waals surface area (Å²) in [6, 6.07) is 0. The van der Waals surface area contributed by atoms with Gasteiger partial charge in [0.1, 0.15) is 0 Å². The summed E-state index contributed by atoms with van der Waals surface area (Å²) in [5.74, 6) is -0.375. The van der Waals surface area contributed by atoms with Crippen molar-refractivity contribution in [2.24, 2.45) is 5.92 Å². The van der Waals surface area contributed by atoms with Crippen LogP contribution in [-0.2, 0) is 4.79 Å². The number of carboxylic acid groups (broad SMARTS) is 1. The lowest BCUT2D eigenvalue weighted by Gasteiger charge is -2.06. The number of rotatable bonds is 3. The lowest BCUT2D eigenvalue weighted by atomic mass is 9.99. The standard InChI is InChI=1S/C10H14O2/c1-2-4-8-5-3-6-9(8)7-10(11)12/h2,7-8H,1,3-6H2,(H,11,12)/b9-7-/t8-/m0/s1. The Morgan fingerprint density at radius 2 is 2.50 bits per heavy atom. The zero-order chi connectivity index (χ0) is 8.97. The summed E-state index contributed by atoms with van der Waals surface area (Å²) in [6.07, 6.45) is 7.33. The van der Waals surface area contributed by atoms with Crippen LogP contribution in [0.1, 0.15) is 25.7 Å². The third kappa shape index (κ3) is 2.22. The van der Waals surface area contributed by atoms with Gasteiger partial charge in [0.15, 0.2) is 0 Å². The van der Waals surface area contributed by atoms with E-state index in [0.717, 1.165) is 31.3 Å². The van der Waals surface area contributed by atoms with Crippen molar-refractivity contribution in [3.63, 3.8) is 0 Å². The summed E-state index contributed by atoms with van der Waals surface area (Å²) >= 11 is 0. The minimum Gasteiger partial charge on any atom is -0.478 e. The van der Waals surface area contributed by atoms with Crippen molar-refractivity contribution in [2.45, 2.75) is 25.7 Å². The second-order valence-electron chi connectivity index (χ2n) is 3.17. The first-order chi connectivity index (χ1) is 5.74. The van der Waals surface area contributed by atoms with Gasteiger partial charge in [-0.05, 0) is 31.6 Å². The summed E-state index contributed by atoms with van der Waals surface area (Å²) < 4.78 is 0. The highest BCUT2D eigenvalue weighted by Crippen LogP contribution is 2.33. The summed E-state index contributed by atoms with van der Waals surface area (Å²) in [7, 11) is 0. The molecule has 0 spiro atoms. The van der Waals surface area contributed by atoms with Crippen LogP contribution in [0.15, 0.2) is 24.3 Å². The van der Waals surface area contributed by atoms with E-state index in [2.05, 4.69) is 6.58 Å². The molecule has 2 nitrogen and oxygen atoms in total. The molecule has 0 aliphatic heterocycles. The Bertz CT molecular complexity index is 216. The molecule has 0 radical (unpaired) electrons. The van der Waals surface area contributed by atoms with Crippen molar-refractivity contribution in [3.05, 3.63) is 24.3 Å². The average molecular weight is 166 g/mol. The van der Waals surface area contributed by atoms with Gasteiger partial charge < -0.3 is 5.11 Å². The fraction of sp³-hybridized carbons (Fsp3) is 0.500. The normalized spacial score (nSPS) is 26.0. The molecule has 1 aliphatic rings. The number of aliphatic carboxylic acids is 1. The fourth-order valence-electron chi connectivity index (χ4n) is 1.76. The maximum Gasteiger partial charge on any atom is 0.328 e. The topological polar surface area (TPSA) is 37.3 Å². The van der Waals surface area contributed by atoms with Crippen molar-refractivity contribution in [2.75, 3.05) is 0 Å². The van der Waals surface area contributed by atoms with Crippen molar-refractivity contribution in [3.8, 4) is 0 Å². The maximum absolute atomic E-state index is 10.4. The first-order valence-electron chi connectivity index (χ1n) is 4.28. The molecule has 0 amide bonds. The number of hydrogen-bond acceptors (Lipinski definition) is 1. The Kier molecular flexibility index (Phi) is 3.09. The predicted molar refractivity (Wildman–Crippen MR) is 47.9 cm³/mol. The van der Waals surface area contributed by atoms with E-state index in [-0.39, 0.29) is 0 Å². The summed E-state index contributed by atoms with van der Waals surface area (Å²) in [5.41, 5.74) is 1.09. The second-order valence-corrected chi connectivity index (χ2v) is 3.17. The molecular formula is C10H14O2. The molecule has 1 fully saturated rings. The Labute approximate surface area is 72.6 Å². The van der Waals surface area contributed by atoms with Gasteiger partial charge in [0, 0.05) is 6.08 Å². The lowest BCUT2D eigenvalue weighted by molar-refractivity contribution is -0.131. The zero-order valence-electron chi connectivity index (χ0n) is 7.12. The van der Waals surface area contributed by atoms with Crippen LogP contribution in [0.2, 0.25) is 0 Å². The average Bonchev–Trinajstić information content (AvgIpc) is 2.37. The summed E-state index contributed by atoms with van der Waals surface area (Å²) in [5, 5.41) is 8.56. The van der Waals surface area contributed by atoms with Gasteiger partial charge in [0.25, 0.3) is 0 Å². The number of carbonyl (C=O) groups is 1. The molecule has 0 heterocycles. The van der Waals surface area contributed by atoms with E-state index >= 15 is 0 Å². The van der Waals surface area contributed by atoms with Crippen LogP contribution in [0, 0.1) is 5.92 Å². The molecule has 1 atom stereocenters. The number of carboxylic acids is 1. The van der Waals surface area contributed by atoms with Crippen LogP contribution >= 0.6 is 0 Å². The van der Waals surface area contributed by atoms with Gasteiger partial charge in [-0.15, -0.1) is 6.58 Å². The minimum atomic E-state index is -0.819. The fourth-order valence-corrected chi connectivity index (χ4v) is 1.76. The minimum absolute atomic E-state index is 0.443. The molecular weight excluding hydrogens is 152 g/mol. The Balaban J connectivity index is 2.62. The summed E-state index contributed by atoms with van der Waals surface area (Å²) in [4.78, 5) is 10.4. The largest absolute Gasteiger partial charge is 0.478 e. The van der Waals surface area contributed by atoms with Crippen LogP contribution in [0.4, 0.5) is 0 Å². The van der Waals surface area contributed by atoms with Gasteiger partial charge in [-0.1, -0.05) is 11.6 Å². The van der Waals surface area contributed by atoms with Gasteiger partial charge in [0.2, 0.25) is 0 Å². The van der Waals surface area contributed by atoms with E-state index in [0.29, 0.717) is 5.92 Å². The van der Waals surface area contributed by atoms with Crippen molar-refractivity contribution in [1.29, 1.82) is 0 Å². The molecule has 0 aromatic rings. The van der Waals surface area contributed by atoms with Crippen molar-refractivity contribution >= 4 is 5.97 Å². The highest BCUT2D eigenvalue weighted by Gasteiger charge is 2.19. The predicted octanol–water partition coefficient (Wildman–Crippen LogP) is 2.37. The Morgan fingerprint density at radius 3 is 3.08 bits per heavy atom. The zero-order valence-corrected chi connectivity index (χ0v) is 7.12. The van der Waals surface area contributed by atoms with E-state index in [9.17, 15) is 4.79 Å². The smallest absolute Gasteiger partial charge is 0.328 e. The van der Waals surface area contributed by atoms with Gasteiger partial charge in [-0.25, -0.2) is 4.79 Å². The molecule has 0 aromatic carbocycles. The van der Waals surface area contributed by atoms with Crippen LogP contribution in [-0.4, -0.2) is 11.1 Å². The monoisotopic (exact) mass is 166 g/mol. The Hall–Kier alpha value is -1.05. The molecule has 0 aromatic heterocycles. The molecule has 2 heteroatoms. The van der Waals surface area contributed by atoms with Crippen LogP contribution in [0.5, 0.6) is 0 Å². The molecule has 66 valence electrons. The van der Waals surface area contributed by atoms with Crippen molar-refractivity contribution in [1.82, 2.24) is 0 Å². The van der Waals surface area contributed by atoms with Gasteiger partial charge >= 0.3 is 5.97 Å². The third-order valence-electron chi connectivity index (χ3n) is 2.30. The van der Waals surface area contributed by atoms with E-state index in [1.54, 1.807) is 0 Å². The highest BCUT2D eigenvalue weighted by atomic mass is 16.4. The van der Waals surface area contributed by atoms with Crippen LogP contribution in [0.25, 0.3) is 0 Å². The van der Waals surface area contributed by atoms with Gasteiger partial charge in [-0.3, -0.25) is 0 Å². The third-order valence-corrected chi connectivity index (χ3v) is 2.30. The van der Waals surface area contributed by atoms with E-state index in [4.69, 9.17) is 5.11 Å². The molecule has 0 bridgehead atoms. The SMILES string of the molecule is C=CC[C@H]1CCC/C1=C/C(=O)O. The molecule has 1 aliphatic carbocycles. The van der Waals surface area contributed by atoms with Gasteiger partial charge in [0.05, 0.1) is 0 Å². The quantitative estimate of drug-likeness (QED) is 0.516. The first kappa shape index (κ1) is 9.04. The number of hydrogen-bond donors (Lipinski definition) is 1. The first-order valence-corrected chi connectivity index (χ1v) is 4.28. The van der Waals surface area contributed by atoms with Crippen molar-refractivity contribution < 1.29 is 9.90 Å². The van der Waals surface area contributed by atoms with E-state index in [1.165, 1.54) is 6.08 Å². The highest BCUT2D eigenvalue weighted by molar-refractivity contribution is 5.80. The van der Waals surface area contributed by atoms with Crippen LogP contribution < -0.4 is 0 Å². The molecule has 0 saturated heterocycles. The van der Waals surface area contributed by atoms with E-state index < -0.39 is 5.97 Å². The molecule has 0 unspecified atom stereocenters. The molecule has 1 rings (SSSR count). The summed E-state index contributed by atoms with van der Waals surface area (Å²) in [6.45, 7) is 3.66. The molecule has 1 saturated carbocycles.